The van der Waals surface area contributed by atoms with Crippen molar-refractivity contribution in [2.24, 2.45) is 0 Å². The number of allylic oxidation sites excluding steroid dienone is 5. The highest BCUT2D eigenvalue weighted by Gasteiger charge is 1.90. The average molecular weight is 367 g/mol. The number of halogens is 1. The largest absolute Gasteiger partial charge is 0.129 e. The predicted molar refractivity (Wildman–Crippen MR) is 106 cm³/mol. The minimum absolute atomic E-state index is 0.991. The van der Waals surface area contributed by atoms with E-state index in [2.05, 4.69) is 65.0 Å². The summed E-state index contributed by atoms with van der Waals surface area (Å²) in [6, 6.07) is 0. The molecular formula is C21H35Br. The molecular weight excluding hydrogens is 332 g/mol. The molecule has 0 saturated carbocycles. The van der Waals surface area contributed by atoms with Gasteiger partial charge in [-0.3, -0.25) is 0 Å². The van der Waals surface area contributed by atoms with Crippen molar-refractivity contribution >= 4 is 15.9 Å². The van der Waals surface area contributed by atoms with Crippen LogP contribution in [0, 0.1) is 0 Å². The lowest BCUT2D eigenvalue weighted by Gasteiger charge is -1.99. The van der Waals surface area contributed by atoms with E-state index < -0.39 is 0 Å². The highest BCUT2D eigenvalue weighted by Crippen LogP contribution is 2.09. The summed E-state index contributed by atoms with van der Waals surface area (Å²) < 4.78 is 0. The molecule has 0 bridgehead atoms. The number of rotatable bonds is 15. The van der Waals surface area contributed by atoms with Gasteiger partial charge in [-0.2, -0.15) is 0 Å². The summed E-state index contributed by atoms with van der Waals surface area (Å²) in [7, 11) is 0. The van der Waals surface area contributed by atoms with Crippen LogP contribution in [-0.2, 0) is 0 Å². The highest BCUT2D eigenvalue weighted by atomic mass is 79.9. The molecule has 0 aliphatic heterocycles. The van der Waals surface area contributed by atoms with Gasteiger partial charge in [0.1, 0.15) is 0 Å². The fraction of sp³-hybridized carbons (Fsp3) is 0.667. The zero-order valence-electron chi connectivity index (χ0n) is 14.5. The lowest BCUT2D eigenvalue weighted by Crippen LogP contribution is -1.79. The first kappa shape index (κ1) is 21.5. The summed E-state index contributed by atoms with van der Waals surface area (Å²) in [5.41, 5.74) is 3.18. The van der Waals surface area contributed by atoms with Crippen LogP contribution in [0.4, 0.5) is 0 Å². The second-order valence-corrected chi connectivity index (χ2v) is 6.52. The van der Waals surface area contributed by atoms with Crippen LogP contribution in [0.25, 0.3) is 0 Å². The zero-order valence-corrected chi connectivity index (χ0v) is 16.1. The minimum atomic E-state index is 0.991. The number of alkyl halides is 1. The van der Waals surface area contributed by atoms with Gasteiger partial charge in [0.15, 0.2) is 0 Å². The Morgan fingerprint density at radius 1 is 0.682 bits per heavy atom. The Kier molecular flexibility index (Phi) is 20.0. The van der Waals surface area contributed by atoms with E-state index in [1.807, 2.05) is 0 Å². The molecule has 0 unspecified atom stereocenters. The maximum absolute atomic E-state index is 3.39. The van der Waals surface area contributed by atoms with Crippen LogP contribution >= 0.6 is 15.9 Å². The third-order valence-electron chi connectivity index (χ3n) is 3.57. The van der Waals surface area contributed by atoms with Crippen LogP contribution in [-0.4, -0.2) is 5.33 Å². The number of hydrogen-bond acceptors (Lipinski definition) is 0. The molecule has 0 aromatic heterocycles. The molecule has 0 spiro atoms. The molecule has 0 rings (SSSR count). The van der Waals surface area contributed by atoms with Gasteiger partial charge in [0.2, 0.25) is 0 Å². The van der Waals surface area contributed by atoms with E-state index in [9.17, 15) is 0 Å². The molecule has 0 atom stereocenters. The van der Waals surface area contributed by atoms with Gasteiger partial charge in [-0.15, -0.1) is 5.73 Å². The van der Waals surface area contributed by atoms with E-state index in [-0.39, 0.29) is 0 Å². The quantitative estimate of drug-likeness (QED) is 0.119. The second-order valence-electron chi connectivity index (χ2n) is 5.73. The standard InChI is InChI=1S/C21H35Br/c1-2-3-4-5-6-7-8-9-10-11-12-13-14-15-16-17-18-19-20-21-22/h11-12,14-15,17,19H,2-10,13,16,20-21H2,1H3/b12-11-,15-14-. The molecule has 0 aliphatic rings. The summed E-state index contributed by atoms with van der Waals surface area (Å²) in [6.07, 6.45) is 28.9. The van der Waals surface area contributed by atoms with Crippen LogP contribution < -0.4 is 0 Å². The van der Waals surface area contributed by atoms with Crippen LogP contribution in [0.5, 0.6) is 0 Å². The van der Waals surface area contributed by atoms with Crippen LogP contribution in [0.1, 0.15) is 84.0 Å². The lowest BCUT2D eigenvalue weighted by molar-refractivity contribution is 0.577. The Hall–Kier alpha value is -0.520. The molecule has 0 nitrogen and oxygen atoms in total. The molecule has 1 heteroatoms. The number of unbranched alkanes of at least 4 members (excludes halogenated alkanes) is 8. The van der Waals surface area contributed by atoms with Crippen molar-refractivity contribution in [2.75, 3.05) is 5.33 Å². The first-order valence-electron chi connectivity index (χ1n) is 9.17. The molecule has 0 aromatic carbocycles. The average Bonchev–Trinajstić information content (AvgIpc) is 2.54. The minimum Gasteiger partial charge on any atom is -0.129 e. The molecule has 0 aromatic rings. The molecule has 0 fully saturated rings. The smallest absolute Gasteiger partial charge is 0.00719 e. The van der Waals surface area contributed by atoms with E-state index in [1.165, 1.54) is 57.8 Å². The Morgan fingerprint density at radius 3 is 2.05 bits per heavy atom. The molecule has 0 radical (unpaired) electrons. The lowest BCUT2D eigenvalue weighted by atomic mass is 10.1. The first-order chi connectivity index (χ1) is 10.9. The summed E-state index contributed by atoms with van der Waals surface area (Å²) in [5.74, 6) is 0. The fourth-order valence-electron chi connectivity index (χ4n) is 2.24. The topological polar surface area (TPSA) is 0 Å². The van der Waals surface area contributed by atoms with Gasteiger partial charge in [0, 0.05) is 5.33 Å². The predicted octanol–water partition coefficient (Wildman–Crippen LogP) is 7.91. The van der Waals surface area contributed by atoms with Gasteiger partial charge >= 0.3 is 0 Å². The van der Waals surface area contributed by atoms with Crippen LogP contribution in [0.3, 0.4) is 0 Å². The maximum atomic E-state index is 3.39. The SMILES string of the molecule is CCCCCCCCCC/C=C\C/C=C\CC=C=CCCBr. The molecule has 0 heterocycles. The Labute approximate surface area is 147 Å². The molecule has 22 heavy (non-hydrogen) atoms. The monoisotopic (exact) mass is 366 g/mol. The van der Waals surface area contributed by atoms with Crippen molar-refractivity contribution in [3.8, 4) is 0 Å². The Bertz CT molecular complexity index is 319. The second kappa shape index (κ2) is 20.5. The van der Waals surface area contributed by atoms with Gasteiger partial charge in [0.25, 0.3) is 0 Å². The summed E-state index contributed by atoms with van der Waals surface area (Å²) in [5, 5.41) is 1.02. The summed E-state index contributed by atoms with van der Waals surface area (Å²) >= 11 is 3.39. The summed E-state index contributed by atoms with van der Waals surface area (Å²) in [4.78, 5) is 0. The van der Waals surface area contributed by atoms with E-state index in [0.29, 0.717) is 0 Å². The van der Waals surface area contributed by atoms with Gasteiger partial charge in [-0.05, 0) is 44.3 Å². The van der Waals surface area contributed by atoms with Gasteiger partial charge < -0.3 is 0 Å². The van der Waals surface area contributed by atoms with Gasteiger partial charge in [-0.1, -0.05) is 92.1 Å². The van der Waals surface area contributed by atoms with Crippen LogP contribution in [0.15, 0.2) is 42.2 Å². The van der Waals surface area contributed by atoms with E-state index in [0.717, 1.165) is 24.6 Å². The van der Waals surface area contributed by atoms with Crippen LogP contribution in [0.2, 0.25) is 0 Å². The molecule has 0 saturated heterocycles. The van der Waals surface area contributed by atoms with Crippen molar-refractivity contribution in [3.05, 3.63) is 42.2 Å². The highest BCUT2D eigenvalue weighted by molar-refractivity contribution is 9.09. The molecule has 0 aliphatic carbocycles. The van der Waals surface area contributed by atoms with E-state index >= 15 is 0 Å². The number of hydrogen-bond donors (Lipinski definition) is 0. The molecule has 0 amide bonds. The van der Waals surface area contributed by atoms with Crippen molar-refractivity contribution in [2.45, 2.75) is 84.0 Å². The van der Waals surface area contributed by atoms with Gasteiger partial charge in [0.05, 0.1) is 0 Å². The maximum Gasteiger partial charge on any atom is 0.00719 e. The Morgan fingerprint density at radius 2 is 1.32 bits per heavy atom. The normalized spacial score (nSPS) is 11.2. The third kappa shape index (κ3) is 19.5. The van der Waals surface area contributed by atoms with Crippen molar-refractivity contribution in [3.63, 3.8) is 0 Å². The summed E-state index contributed by atoms with van der Waals surface area (Å²) in [6.45, 7) is 2.28. The zero-order chi connectivity index (χ0) is 16.1. The first-order valence-corrected chi connectivity index (χ1v) is 10.3. The molecule has 126 valence electrons. The van der Waals surface area contributed by atoms with Crippen molar-refractivity contribution < 1.29 is 0 Å². The van der Waals surface area contributed by atoms with E-state index in [4.69, 9.17) is 0 Å². The van der Waals surface area contributed by atoms with Gasteiger partial charge in [-0.25, -0.2) is 0 Å². The van der Waals surface area contributed by atoms with Crippen molar-refractivity contribution in [1.29, 1.82) is 0 Å². The van der Waals surface area contributed by atoms with E-state index in [1.54, 1.807) is 0 Å². The third-order valence-corrected chi connectivity index (χ3v) is 4.03. The fourth-order valence-corrected chi connectivity index (χ4v) is 2.47. The van der Waals surface area contributed by atoms with Crippen molar-refractivity contribution in [1.82, 2.24) is 0 Å². The Balaban J connectivity index is 3.28. The molecule has 0 N–H and O–H groups in total.